The van der Waals surface area contributed by atoms with Crippen LogP contribution in [0.4, 0.5) is 0 Å². The van der Waals surface area contributed by atoms with Gasteiger partial charge in [0.2, 0.25) is 11.3 Å². The van der Waals surface area contributed by atoms with Crippen molar-refractivity contribution in [1.82, 2.24) is 14.7 Å². The Hall–Kier alpha value is -2.21. The molecule has 1 aromatic carbocycles. The van der Waals surface area contributed by atoms with Gasteiger partial charge in [0.05, 0.1) is 18.3 Å². The summed E-state index contributed by atoms with van der Waals surface area (Å²) < 4.78 is 6.68. The maximum Gasteiger partial charge on any atom is 0.224 e. The summed E-state index contributed by atoms with van der Waals surface area (Å²) in [4.78, 5) is 25.6. The average molecular weight is 303 g/mol. The predicted octanol–water partition coefficient (Wildman–Crippen LogP) is 1.28. The van der Waals surface area contributed by atoms with E-state index in [4.69, 9.17) is 4.74 Å². The third-order valence-electron chi connectivity index (χ3n) is 3.57. The molecule has 118 valence electrons. The molecular weight excluding hydrogens is 282 g/mol. The van der Waals surface area contributed by atoms with Crippen LogP contribution in [0.1, 0.15) is 12.8 Å². The third-order valence-corrected chi connectivity index (χ3v) is 3.57. The number of ether oxygens (including phenoxy) is 1. The molecule has 2 aromatic rings. The second kappa shape index (κ2) is 7.70. The Bertz CT molecular complexity index is 696. The van der Waals surface area contributed by atoms with Crippen LogP contribution >= 0.6 is 0 Å². The summed E-state index contributed by atoms with van der Waals surface area (Å²) in [5.74, 6) is 0.0562. The van der Waals surface area contributed by atoms with Crippen molar-refractivity contribution >= 4 is 16.8 Å². The minimum Gasteiger partial charge on any atom is -0.385 e. The monoisotopic (exact) mass is 303 g/mol. The highest BCUT2D eigenvalue weighted by molar-refractivity contribution is 5.79. The maximum absolute atomic E-state index is 12.1. The highest BCUT2D eigenvalue weighted by atomic mass is 16.5. The standard InChI is InChI=1S/C16H21N3O3/c1-18(9-5-11-22-2)16(21)8-10-19-14-7-4-3-6-13(14)15(20)12-17-19/h3-4,6-7,12H,5,8-11H2,1-2H3. The molecule has 0 atom stereocenters. The first-order chi connectivity index (χ1) is 10.6. The molecule has 0 unspecified atom stereocenters. The van der Waals surface area contributed by atoms with E-state index >= 15 is 0 Å². The number of fused-ring (bicyclic) bond motifs is 1. The van der Waals surface area contributed by atoms with Crippen LogP contribution in [0.15, 0.2) is 35.3 Å². The van der Waals surface area contributed by atoms with Gasteiger partial charge in [0.1, 0.15) is 0 Å². The zero-order valence-corrected chi connectivity index (χ0v) is 13.0. The van der Waals surface area contributed by atoms with E-state index in [1.807, 2.05) is 18.2 Å². The fourth-order valence-corrected chi connectivity index (χ4v) is 2.30. The van der Waals surface area contributed by atoms with Gasteiger partial charge in [-0.25, -0.2) is 0 Å². The average Bonchev–Trinajstić information content (AvgIpc) is 2.54. The highest BCUT2D eigenvalue weighted by Gasteiger charge is 2.10. The molecule has 0 bridgehead atoms. The number of methoxy groups -OCH3 is 1. The van der Waals surface area contributed by atoms with Crippen LogP contribution in [0.5, 0.6) is 0 Å². The van der Waals surface area contributed by atoms with Crippen molar-refractivity contribution in [3.05, 3.63) is 40.7 Å². The molecule has 0 aliphatic heterocycles. The number of aryl methyl sites for hydroxylation is 1. The van der Waals surface area contributed by atoms with Gasteiger partial charge in [0.25, 0.3) is 0 Å². The Kier molecular flexibility index (Phi) is 5.66. The molecule has 0 spiro atoms. The molecule has 0 aliphatic carbocycles. The zero-order chi connectivity index (χ0) is 15.9. The first-order valence-corrected chi connectivity index (χ1v) is 7.31. The second-order valence-electron chi connectivity index (χ2n) is 5.16. The lowest BCUT2D eigenvalue weighted by atomic mass is 10.2. The van der Waals surface area contributed by atoms with E-state index in [2.05, 4.69) is 5.10 Å². The van der Waals surface area contributed by atoms with E-state index in [0.29, 0.717) is 31.5 Å². The summed E-state index contributed by atoms with van der Waals surface area (Å²) >= 11 is 0. The van der Waals surface area contributed by atoms with E-state index in [0.717, 1.165) is 11.9 Å². The van der Waals surface area contributed by atoms with Crippen molar-refractivity contribution in [2.75, 3.05) is 27.3 Å². The second-order valence-corrected chi connectivity index (χ2v) is 5.16. The maximum atomic E-state index is 12.1. The Balaban J connectivity index is 2.01. The topological polar surface area (TPSA) is 64.4 Å². The van der Waals surface area contributed by atoms with E-state index in [-0.39, 0.29) is 11.3 Å². The van der Waals surface area contributed by atoms with Gasteiger partial charge in [0.15, 0.2) is 0 Å². The van der Waals surface area contributed by atoms with Gasteiger partial charge in [-0.05, 0) is 18.6 Å². The fraction of sp³-hybridized carbons (Fsp3) is 0.438. The van der Waals surface area contributed by atoms with E-state index in [9.17, 15) is 9.59 Å². The molecule has 0 N–H and O–H groups in total. The third kappa shape index (κ3) is 3.92. The summed E-state index contributed by atoms with van der Waals surface area (Å²) in [6, 6.07) is 7.30. The lowest BCUT2D eigenvalue weighted by molar-refractivity contribution is -0.130. The van der Waals surface area contributed by atoms with Crippen molar-refractivity contribution in [3.63, 3.8) is 0 Å². The van der Waals surface area contributed by atoms with Gasteiger partial charge in [-0.2, -0.15) is 5.10 Å². The van der Waals surface area contributed by atoms with Crippen LogP contribution in [0.2, 0.25) is 0 Å². The summed E-state index contributed by atoms with van der Waals surface area (Å²) in [5.41, 5.74) is 0.652. The molecule has 22 heavy (non-hydrogen) atoms. The summed E-state index contributed by atoms with van der Waals surface area (Å²) in [6.45, 7) is 1.77. The van der Waals surface area contributed by atoms with Gasteiger partial charge in [-0.3, -0.25) is 14.3 Å². The quantitative estimate of drug-likeness (QED) is 0.723. The number of nitrogens with zero attached hydrogens (tertiary/aromatic N) is 3. The number of carbonyl (C=O) groups excluding carboxylic acids is 1. The Morgan fingerprint density at radius 1 is 1.36 bits per heavy atom. The van der Waals surface area contributed by atoms with Crippen molar-refractivity contribution in [2.45, 2.75) is 19.4 Å². The molecule has 0 saturated heterocycles. The zero-order valence-electron chi connectivity index (χ0n) is 13.0. The number of para-hydroxylation sites is 1. The minimum atomic E-state index is -0.102. The summed E-state index contributed by atoms with van der Waals surface area (Å²) in [6.07, 6.45) is 2.47. The van der Waals surface area contributed by atoms with Crippen LogP contribution in [0, 0.1) is 0 Å². The van der Waals surface area contributed by atoms with Gasteiger partial charge in [-0.1, -0.05) is 12.1 Å². The molecular formula is C16H21N3O3. The fourth-order valence-electron chi connectivity index (χ4n) is 2.30. The van der Waals surface area contributed by atoms with E-state index in [1.165, 1.54) is 6.20 Å². The number of rotatable bonds is 7. The smallest absolute Gasteiger partial charge is 0.224 e. The normalized spacial score (nSPS) is 10.8. The van der Waals surface area contributed by atoms with Crippen molar-refractivity contribution in [1.29, 1.82) is 0 Å². The number of aromatic nitrogens is 2. The Labute approximate surface area is 129 Å². The van der Waals surface area contributed by atoms with Gasteiger partial charge >= 0.3 is 0 Å². The number of hydrogen-bond donors (Lipinski definition) is 0. The SMILES string of the molecule is COCCCN(C)C(=O)CCn1ncc(=O)c2ccccc21. The lowest BCUT2D eigenvalue weighted by Crippen LogP contribution is -2.29. The summed E-state index contributed by atoms with van der Waals surface area (Å²) in [5, 5.41) is 4.75. The van der Waals surface area contributed by atoms with Crippen LogP contribution in [0.25, 0.3) is 10.9 Å². The molecule has 0 aliphatic rings. The number of carbonyl (C=O) groups is 1. The molecule has 0 saturated carbocycles. The van der Waals surface area contributed by atoms with Gasteiger partial charge < -0.3 is 9.64 Å². The molecule has 6 heteroatoms. The predicted molar refractivity (Wildman–Crippen MR) is 84.8 cm³/mol. The van der Waals surface area contributed by atoms with Gasteiger partial charge in [-0.15, -0.1) is 0 Å². The van der Waals surface area contributed by atoms with Crippen molar-refractivity contribution in [3.8, 4) is 0 Å². The minimum absolute atomic E-state index is 0.0562. The molecule has 1 heterocycles. The molecule has 1 aromatic heterocycles. The molecule has 0 fully saturated rings. The first kappa shape index (κ1) is 16.2. The Morgan fingerprint density at radius 3 is 2.91 bits per heavy atom. The highest BCUT2D eigenvalue weighted by Crippen LogP contribution is 2.08. The van der Waals surface area contributed by atoms with Crippen molar-refractivity contribution < 1.29 is 9.53 Å². The van der Waals surface area contributed by atoms with Crippen LogP contribution in [-0.4, -0.2) is 47.9 Å². The van der Waals surface area contributed by atoms with Crippen LogP contribution in [-0.2, 0) is 16.1 Å². The largest absolute Gasteiger partial charge is 0.385 e. The first-order valence-electron chi connectivity index (χ1n) is 7.31. The Morgan fingerprint density at radius 2 is 2.14 bits per heavy atom. The summed E-state index contributed by atoms with van der Waals surface area (Å²) in [7, 11) is 3.43. The molecule has 2 rings (SSSR count). The molecule has 1 amide bonds. The van der Waals surface area contributed by atoms with Gasteiger partial charge in [0, 0.05) is 39.1 Å². The van der Waals surface area contributed by atoms with E-state index < -0.39 is 0 Å². The number of benzene rings is 1. The number of amides is 1. The molecule has 6 nitrogen and oxygen atoms in total. The lowest BCUT2D eigenvalue weighted by Gasteiger charge is -2.17. The van der Waals surface area contributed by atoms with Crippen LogP contribution < -0.4 is 5.43 Å². The van der Waals surface area contributed by atoms with Crippen LogP contribution in [0.3, 0.4) is 0 Å². The van der Waals surface area contributed by atoms with Crippen molar-refractivity contribution in [2.24, 2.45) is 0 Å². The van der Waals surface area contributed by atoms with E-state index in [1.54, 1.807) is 29.8 Å². The number of hydrogen-bond acceptors (Lipinski definition) is 4. The molecule has 0 radical (unpaired) electrons.